The highest BCUT2D eigenvalue weighted by Crippen LogP contribution is 2.24. The molecule has 1 aliphatic heterocycles. The van der Waals surface area contributed by atoms with Gasteiger partial charge in [0.05, 0.1) is 7.11 Å². The zero-order valence-corrected chi connectivity index (χ0v) is 15.2. The molecule has 134 valence electrons. The number of benzene rings is 1. The normalized spacial score (nSPS) is 17.4. The van der Waals surface area contributed by atoms with Crippen molar-refractivity contribution < 1.29 is 4.74 Å². The molecule has 1 aromatic heterocycles. The van der Waals surface area contributed by atoms with Crippen molar-refractivity contribution in [2.75, 3.05) is 30.4 Å². The summed E-state index contributed by atoms with van der Waals surface area (Å²) >= 11 is 0. The van der Waals surface area contributed by atoms with Crippen LogP contribution in [-0.2, 0) is 6.42 Å². The summed E-state index contributed by atoms with van der Waals surface area (Å²) in [7, 11) is 1.71. The van der Waals surface area contributed by atoms with E-state index in [9.17, 15) is 0 Å². The fourth-order valence-corrected chi connectivity index (χ4v) is 3.51. The number of para-hydroxylation sites is 1. The van der Waals surface area contributed by atoms with Crippen molar-refractivity contribution in [1.82, 2.24) is 9.97 Å². The van der Waals surface area contributed by atoms with E-state index >= 15 is 0 Å². The van der Waals surface area contributed by atoms with Gasteiger partial charge in [0.2, 0.25) is 5.95 Å². The van der Waals surface area contributed by atoms with E-state index in [0.29, 0.717) is 6.04 Å². The number of nitrogens with zero attached hydrogens (tertiary/aromatic N) is 3. The van der Waals surface area contributed by atoms with E-state index in [1.165, 1.54) is 24.8 Å². The third-order valence-electron chi connectivity index (χ3n) is 4.89. The highest BCUT2D eigenvalue weighted by molar-refractivity contribution is 5.43. The zero-order valence-electron chi connectivity index (χ0n) is 15.2. The fourth-order valence-electron chi connectivity index (χ4n) is 3.51. The summed E-state index contributed by atoms with van der Waals surface area (Å²) in [4.78, 5) is 11.6. The molecule has 3 rings (SSSR count). The van der Waals surface area contributed by atoms with Gasteiger partial charge in [-0.2, -0.15) is 4.98 Å². The monoisotopic (exact) mass is 340 g/mol. The van der Waals surface area contributed by atoms with Crippen LogP contribution in [0.5, 0.6) is 5.75 Å². The molecule has 0 aliphatic carbocycles. The smallest absolute Gasteiger partial charge is 0.227 e. The van der Waals surface area contributed by atoms with Crippen LogP contribution in [0, 0.1) is 0 Å². The minimum atomic E-state index is 0.567. The molecule has 25 heavy (non-hydrogen) atoms. The molecule has 1 aliphatic rings. The number of anilines is 2. The third kappa shape index (κ3) is 4.41. The van der Waals surface area contributed by atoms with Crippen LogP contribution in [0.1, 0.15) is 38.2 Å². The van der Waals surface area contributed by atoms with Crippen molar-refractivity contribution in [2.24, 2.45) is 0 Å². The topological polar surface area (TPSA) is 50.3 Å². The minimum absolute atomic E-state index is 0.567. The summed E-state index contributed by atoms with van der Waals surface area (Å²) < 4.78 is 5.41. The number of hydrogen-bond acceptors (Lipinski definition) is 5. The van der Waals surface area contributed by atoms with E-state index in [2.05, 4.69) is 28.2 Å². The summed E-state index contributed by atoms with van der Waals surface area (Å²) in [6.07, 6.45) is 7.68. The lowest BCUT2D eigenvalue weighted by Crippen LogP contribution is -2.40. The Morgan fingerprint density at radius 1 is 1.24 bits per heavy atom. The highest BCUT2D eigenvalue weighted by Gasteiger charge is 2.23. The molecule has 0 spiro atoms. The maximum Gasteiger partial charge on any atom is 0.227 e. The quantitative estimate of drug-likeness (QED) is 0.828. The maximum absolute atomic E-state index is 5.41. The van der Waals surface area contributed by atoms with Crippen molar-refractivity contribution >= 4 is 11.8 Å². The average molecular weight is 340 g/mol. The predicted octanol–water partition coefficient (Wildman–Crippen LogP) is 3.91. The van der Waals surface area contributed by atoms with Crippen LogP contribution in [0.4, 0.5) is 11.8 Å². The first kappa shape index (κ1) is 17.5. The molecular weight excluding hydrogens is 312 g/mol. The van der Waals surface area contributed by atoms with Crippen molar-refractivity contribution in [3.8, 4) is 5.75 Å². The number of hydrogen-bond donors (Lipinski definition) is 1. The molecule has 5 heteroatoms. The number of piperidine rings is 1. The van der Waals surface area contributed by atoms with E-state index in [-0.39, 0.29) is 0 Å². The number of nitrogens with one attached hydrogen (secondary N) is 1. The molecule has 1 atom stereocenters. The Bertz CT molecular complexity index is 676. The minimum Gasteiger partial charge on any atom is -0.496 e. The Labute approximate surface area is 150 Å². The number of ether oxygens (including phenoxy) is 1. The Balaban J connectivity index is 1.62. The first-order chi connectivity index (χ1) is 12.3. The van der Waals surface area contributed by atoms with Gasteiger partial charge in [0.15, 0.2) is 0 Å². The molecule has 0 amide bonds. The molecule has 1 N–H and O–H groups in total. The lowest BCUT2D eigenvalue weighted by molar-refractivity contribution is 0.410. The van der Waals surface area contributed by atoms with Crippen molar-refractivity contribution in [1.29, 1.82) is 0 Å². The van der Waals surface area contributed by atoms with Crippen molar-refractivity contribution in [3.05, 3.63) is 42.1 Å². The Kier molecular flexibility index (Phi) is 6.09. The van der Waals surface area contributed by atoms with Gasteiger partial charge in [-0.3, -0.25) is 0 Å². The predicted molar refractivity (Wildman–Crippen MR) is 102 cm³/mol. The second-order valence-corrected chi connectivity index (χ2v) is 6.48. The molecule has 5 nitrogen and oxygen atoms in total. The molecule has 2 heterocycles. The second-order valence-electron chi connectivity index (χ2n) is 6.48. The van der Waals surface area contributed by atoms with Gasteiger partial charge in [-0.25, -0.2) is 4.98 Å². The number of aromatic nitrogens is 2. The number of rotatable bonds is 7. The van der Waals surface area contributed by atoms with E-state index in [4.69, 9.17) is 9.72 Å². The second kappa shape index (κ2) is 8.70. The van der Waals surface area contributed by atoms with Gasteiger partial charge in [-0.1, -0.05) is 25.1 Å². The zero-order chi connectivity index (χ0) is 17.5. The Morgan fingerprint density at radius 2 is 2.12 bits per heavy atom. The summed E-state index contributed by atoms with van der Waals surface area (Å²) in [6.45, 7) is 4.12. The van der Waals surface area contributed by atoms with Gasteiger partial charge in [-0.05, 0) is 49.8 Å². The molecule has 1 saturated heterocycles. The molecule has 1 aromatic carbocycles. The van der Waals surface area contributed by atoms with Crippen LogP contribution in [0.25, 0.3) is 0 Å². The first-order valence-corrected chi connectivity index (χ1v) is 9.27. The van der Waals surface area contributed by atoms with Gasteiger partial charge in [0, 0.05) is 25.3 Å². The molecule has 1 fully saturated rings. The lowest BCUT2D eigenvalue weighted by atomic mass is 10.0. The summed E-state index contributed by atoms with van der Waals surface area (Å²) in [5.41, 5.74) is 1.20. The van der Waals surface area contributed by atoms with E-state index in [1.54, 1.807) is 7.11 Å². The molecular formula is C20H28N4O. The van der Waals surface area contributed by atoms with Crippen LogP contribution in [-0.4, -0.2) is 36.2 Å². The Hall–Kier alpha value is -2.30. The number of methoxy groups -OCH3 is 1. The summed E-state index contributed by atoms with van der Waals surface area (Å²) in [5, 5.41) is 3.42. The third-order valence-corrected chi connectivity index (χ3v) is 4.89. The maximum atomic E-state index is 5.41. The first-order valence-electron chi connectivity index (χ1n) is 9.27. The van der Waals surface area contributed by atoms with E-state index in [1.807, 2.05) is 30.5 Å². The summed E-state index contributed by atoms with van der Waals surface area (Å²) in [5.74, 6) is 2.68. The molecule has 1 unspecified atom stereocenters. The van der Waals surface area contributed by atoms with Gasteiger partial charge >= 0.3 is 0 Å². The van der Waals surface area contributed by atoms with Gasteiger partial charge in [-0.15, -0.1) is 0 Å². The van der Waals surface area contributed by atoms with Crippen LogP contribution in [0.3, 0.4) is 0 Å². The van der Waals surface area contributed by atoms with Gasteiger partial charge in [0.25, 0.3) is 0 Å². The standard InChI is InChI=1S/C20H28N4O/c1-3-17-9-6-7-15-24(17)20-22-14-12-19(23-20)21-13-11-16-8-4-5-10-18(16)25-2/h4-5,8,10,12,14,17H,3,6-7,9,11,13,15H2,1-2H3,(H,21,22,23). The van der Waals surface area contributed by atoms with Crippen molar-refractivity contribution in [3.63, 3.8) is 0 Å². The molecule has 0 bridgehead atoms. The van der Waals surface area contributed by atoms with Crippen LogP contribution in [0.2, 0.25) is 0 Å². The highest BCUT2D eigenvalue weighted by atomic mass is 16.5. The van der Waals surface area contributed by atoms with Gasteiger partial charge in [0.1, 0.15) is 11.6 Å². The van der Waals surface area contributed by atoms with Crippen molar-refractivity contribution in [2.45, 2.75) is 45.1 Å². The van der Waals surface area contributed by atoms with E-state index < -0.39 is 0 Å². The SMILES string of the molecule is CCC1CCCCN1c1nccc(NCCc2ccccc2OC)n1. The lowest BCUT2D eigenvalue weighted by Gasteiger charge is -2.35. The van der Waals surface area contributed by atoms with Crippen LogP contribution >= 0.6 is 0 Å². The molecule has 0 saturated carbocycles. The van der Waals surface area contributed by atoms with E-state index in [0.717, 1.165) is 43.4 Å². The average Bonchev–Trinajstić information content (AvgIpc) is 2.68. The molecule has 0 radical (unpaired) electrons. The largest absolute Gasteiger partial charge is 0.496 e. The van der Waals surface area contributed by atoms with Gasteiger partial charge < -0.3 is 15.0 Å². The van der Waals surface area contributed by atoms with Crippen LogP contribution in [0.15, 0.2) is 36.5 Å². The summed E-state index contributed by atoms with van der Waals surface area (Å²) in [6, 6.07) is 10.6. The molecule has 2 aromatic rings. The Morgan fingerprint density at radius 3 is 2.96 bits per heavy atom. The van der Waals surface area contributed by atoms with Crippen LogP contribution < -0.4 is 15.0 Å². The fraction of sp³-hybridized carbons (Fsp3) is 0.500.